The van der Waals surface area contributed by atoms with Crippen LogP contribution in [0.5, 0.6) is 5.75 Å². The fraction of sp³-hybridized carbons (Fsp3) is 0.533. The first kappa shape index (κ1) is 19.9. The molecule has 10 heteroatoms. The van der Waals surface area contributed by atoms with Crippen LogP contribution in [0.15, 0.2) is 18.2 Å². The van der Waals surface area contributed by atoms with Gasteiger partial charge in [-0.25, -0.2) is 4.79 Å². The lowest BCUT2D eigenvalue weighted by molar-refractivity contribution is 0.0697. The molecule has 1 aromatic rings. The van der Waals surface area contributed by atoms with Crippen LogP contribution in [0, 0.1) is 0 Å². The van der Waals surface area contributed by atoms with Crippen molar-refractivity contribution in [2.24, 2.45) is 0 Å². The minimum atomic E-state index is -3.36. The van der Waals surface area contributed by atoms with E-state index < -0.39 is 16.2 Å². The average molecular weight is 392 g/mol. The van der Waals surface area contributed by atoms with E-state index in [1.165, 1.54) is 40.9 Å². The van der Waals surface area contributed by atoms with E-state index in [1.807, 2.05) is 0 Å². The van der Waals surface area contributed by atoms with Gasteiger partial charge in [0, 0.05) is 46.8 Å². The summed E-state index contributed by atoms with van der Waals surface area (Å²) >= 11 is 6.01. The van der Waals surface area contributed by atoms with Crippen molar-refractivity contribution in [3.05, 3.63) is 28.8 Å². The highest BCUT2D eigenvalue weighted by Crippen LogP contribution is 2.25. The molecule has 1 aliphatic rings. The van der Waals surface area contributed by atoms with E-state index in [0.29, 0.717) is 45.1 Å². The summed E-state index contributed by atoms with van der Waals surface area (Å²) in [4.78, 5) is 13.0. The first-order valence-corrected chi connectivity index (χ1v) is 9.55. The minimum Gasteiger partial charge on any atom is -0.491 e. The van der Waals surface area contributed by atoms with Crippen LogP contribution in [0.25, 0.3) is 0 Å². The maximum atomic E-state index is 12.1. The number of piperazine rings is 1. The van der Waals surface area contributed by atoms with E-state index in [4.69, 9.17) is 21.4 Å². The standard InChI is InChI=1S/C15H22ClN3O5S/c1-17(2)25(22,23)19-7-5-18(6-8-19)9-10-24-14-4-3-12(15(20)21)11-13(14)16/h3-4,11H,5-10H2,1-2H3,(H,20,21). The van der Waals surface area contributed by atoms with Crippen molar-refractivity contribution in [3.63, 3.8) is 0 Å². The topological polar surface area (TPSA) is 90.4 Å². The molecule has 1 aromatic carbocycles. The third-order valence-corrected chi connectivity index (χ3v) is 6.20. The molecular formula is C15H22ClN3O5S. The van der Waals surface area contributed by atoms with E-state index in [-0.39, 0.29) is 10.6 Å². The summed E-state index contributed by atoms with van der Waals surface area (Å²) in [5.41, 5.74) is 0.107. The van der Waals surface area contributed by atoms with Gasteiger partial charge < -0.3 is 9.84 Å². The van der Waals surface area contributed by atoms with E-state index in [0.717, 1.165) is 0 Å². The SMILES string of the molecule is CN(C)S(=O)(=O)N1CCN(CCOc2ccc(C(=O)O)cc2Cl)CC1. The van der Waals surface area contributed by atoms with Crippen molar-refractivity contribution in [1.29, 1.82) is 0 Å². The Bertz CT molecular complexity index is 718. The number of carbonyl (C=O) groups is 1. The van der Waals surface area contributed by atoms with Crippen molar-refractivity contribution in [2.45, 2.75) is 0 Å². The van der Waals surface area contributed by atoms with Crippen molar-refractivity contribution >= 4 is 27.8 Å². The van der Waals surface area contributed by atoms with Crippen molar-refractivity contribution in [3.8, 4) is 5.75 Å². The first-order chi connectivity index (χ1) is 11.7. The Morgan fingerprint density at radius 2 is 1.92 bits per heavy atom. The van der Waals surface area contributed by atoms with Crippen LogP contribution in [-0.2, 0) is 10.2 Å². The zero-order valence-electron chi connectivity index (χ0n) is 14.2. The number of aromatic carboxylic acids is 1. The molecule has 0 spiro atoms. The lowest BCUT2D eigenvalue weighted by Crippen LogP contribution is -2.52. The Morgan fingerprint density at radius 1 is 1.28 bits per heavy atom. The lowest BCUT2D eigenvalue weighted by Gasteiger charge is -2.34. The molecule has 8 nitrogen and oxygen atoms in total. The third kappa shape index (κ3) is 5.05. The van der Waals surface area contributed by atoms with Gasteiger partial charge in [0.15, 0.2) is 0 Å². The molecular weight excluding hydrogens is 370 g/mol. The van der Waals surface area contributed by atoms with Gasteiger partial charge in [-0.05, 0) is 18.2 Å². The van der Waals surface area contributed by atoms with Gasteiger partial charge in [-0.1, -0.05) is 11.6 Å². The number of hydrogen-bond donors (Lipinski definition) is 1. The smallest absolute Gasteiger partial charge is 0.335 e. The number of carboxylic acid groups (broad SMARTS) is 1. The molecule has 0 radical (unpaired) electrons. The summed E-state index contributed by atoms with van der Waals surface area (Å²) < 4.78 is 32.4. The molecule has 0 aromatic heterocycles. The highest BCUT2D eigenvalue weighted by Gasteiger charge is 2.28. The van der Waals surface area contributed by atoms with E-state index in [2.05, 4.69) is 4.90 Å². The van der Waals surface area contributed by atoms with Crippen LogP contribution in [-0.4, -0.2) is 86.4 Å². The quantitative estimate of drug-likeness (QED) is 0.740. The Labute approximate surface area is 152 Å². The molecule has 1 heterocycles. The molecule has 0 aliphatic carbocycles. The summed E-state index contributed by atoms with van der Waals surface area (Å²) in [6, 6.07) is 4.33. The van der Waals surface area contributed by atoms with Crippen LogP contribution >= 0.6 is 11.6 Å². The number of nitrogens with zero attached hydrogens (tertiary/aromatic N) is 3. The van der Waals surface area contributed by atoms with Gasteiger partial charge in [-0.2, -0.15) is 17.0 Å². The summed E-state index contributed by atoms with van der Waals surface area (Å²) in [6.07, 6.45) is 0. The Balaban J connectivity index is 1.80. The Kier molecular flexibility index (Phi) is 6.64. The highest BCUT2D eigenvalue weighted by atomic mass is 35.5. The average Bonchev–Trinajstić information content (AvgIpc) is 2.56. The number of halogens is 1. The molecule has 0 atom stereocenters. The van der Waals surface area contributed by atoms with Gasteiger partial charge in [0.2, 0.25) is 0 Å². The highest BCUT2D eigenvalue weighted by molar-refractivity contribution is 7.86. The monoisotopic (exact) mass is 391 g/mol. The van der Waals surface area contributed by atoms with Gasteiger partial charge >= 0.3 is 5.97 Å². The van der Waals surface area contributed by atoms with E-state index in [1.54, 1.807) is 0 Å². The first-order valence-electron chi connectivity index (χ1n) is 7.77. The molecule has 2 rings (SSSR count). The predicted octanol–water partition coefficient (Wildman–Crippen LogP) is 0.841. The molecule has 1 saturated heterocycles. The van der Waals surface area contributed by atoms with E-state index in [9.17, 15) is 13.2 Å². The minimum absolute atomic E-state index is 0.107. The van der Waals surface area contributed by atoms with Crippen LogP contribution in [0.2, 0.25) is 5.02 Å². The van der Waals surface area contributed by atoms with Gasteiger partial charge in [0.05, 0.1) is 10.6 Å². The second kappa shape index (κ2) is 8.33. The summed E-state index contributed by atoms with van der Waals surface area (Å²) in [5.74, 6) is -0.612. The van der Waals surface area contributed by atoms with Crippen molar-refractivity contribution < 1.29 is 23.1 Å². The second-order valence-corrected chi connectivity index (χ2v) is 8.38. The Hall–Kier alpha value is -1.39. The van der Waals surface area contributed by atoms with Crippen molar-refractivity contribution in [2.75, 3.05) is 53.4 Å². The molecule has 1 fully saturated rings. The molecule has 0 saturated carbocycles. The predicted molar refractivity (Wildman–Crippen MR) is 94.5 cm³/mol. The second-order valence-electron chi connectivity index (χ2n) is 5.83. The van der Waals surface area contributed by atoms with Gasteiger partial charge in [0.1, 0.15) is 12.4 Å². The molecule has 0 amide bonds. The van der Waals surface area contributed by atoms with Crippen LogP contribution in [0.4, 0.5) is 0 Å². The number of hydrogen-bond acceptors (Lipinski definition) is 5. The van der Waals surface area contributed by atoms with Crippen LogP contribution in [0.1, 0.15) is 10.4 Å². The van der Waals surface area contributed by atoms with Gasteiger partial charge in [0.25, 0.3) is 10.2 Å². The fourth-order valence-corrected chi connectivity index (χ4v) is 3.77. The fourth-order valence-electron chi connectivity index (χ4n) is 2.45. The lowest BCUT2D eigenvalue weighted by atomic mass is 10.2. The molecule has 140 valence electrons. The summed E-state index contributed by atoms with van der Waals surface area (Å²) in [5, 5.41) is 9.16. The molecule has 1 aliphatic heterocycles. The maximum absolute atomic E-state index is 12.1. The molecule has 0 unspecified atom stereocenters. The molecule has 1 N–H and O–H groups in total. The number of ether oxygens (including phenoxy) is 1. The number of rotatable bonds is 7. The Morgan fingerprint density at radius 3 is 2.44 bits per heavy atom. The zero-order chi connectivity index (χ0) is 18.6. The third-order valence-electron chi connectivity index (χ3n) is 3.96. The summed E-state index contributed by atoms with van der Waals surface area (Å²) in [6.45, 7) is 3.15. The van der Waals surface area contributed by atoms with Crippen LogP contribution < -0.4 is 4.74 Å². The van der Waals surface area contributed by atoms with E-state index >= 15 is 0 Å². The number of carboxylic acids is 1. The number of benzene rings is 1. The molecule has 0 bridgehead atoms. The molecule has 25 heavy (non-hydrogen) atoms. The van der Waals surface area contributed by atoms with Gasteiger partial charge in [-0.15, -0.1) is 0 Å². The normalized spacial score (nSPS) is 17.0. The van der Waals surface area contributed by atoms with Gasteiger partial charge in [-0.3, -0.25) is 4.90 Å². The van der Waals surface area contributed by atoms with Crippen molar-refractivity contribution in [1.82, 2.24) is 13.5 Å². The summed E-state index contributed by atoms with van der Waals surface area (Å²) in [7, 11) is -0.315. The largest absolute Gasteiger partial charge is 0.491 e. The van der Waals surface area contributed by atoms with Crippen LogP contribution in [0.3, 0.4) is 0 Å². The maximum Gasteiger partial charge on any atom is 0.335 e. The zero-order valence-corrected chi connectivity index (χ0v) is 15.8.